The summed E-state index contributed by atoms with van der Waals surface area (Å²) in [7, 11) is 0. The lowest BCUT2D eigenvalue weighted by Crippen LogP contribution is -2.50. The molecule has 2 heterocycles. The lowest BCUT2D eigenvalue weighted by Gasteiger charge is -2.44. The van der Waals surface area contributed by atoms with Gasteiger partial charge in [-0.05, 0) is 38.5 Å². The van der Waals surface area contributed by atoms with Crippen LogP contribution in [0.25, 0.3) is 0 Å². The number of likely N-dealkylation sites (tertiary alicyclic amines) is 1. The molecule has 0 unspecified atom stereocenters. The quantitative estimate of drug-likeness (QED) is 0.677. The third-order valence-corrected chi connectivity index (χ3v) is 5.65. The minimum atomic E-state index is 0.220. The Kier molecular flexibility index (Phi) is 4.37. The third-order valence-electron chi connectivity index (χ3n) is 4.72. The highest BCUT2D eigenvalue weighted by Crippen LogP contribution is 2.35. The maximum absolute atomic E-state index is 12.6. The number of nitrogens with two attached hydrogens (primary N) is 1. The van der Waals surface area contributed by atoms with E-state index in [9.17, 15) is 4.79 Å². The van der Waals surface area contributed by atoms with Crippen molar-refractivity contribution in [1.82, 2.24) is 19.8 Å². The van der Waals surface area contributed by atoms with Gasteiger partial charge in [-0.3, -0.25) is 4.79 Å². The largest absolute Gasteiger partial charge is 0.339 e. The normalized spacial score (nSPS) is 25.7. The minimum Gasteiger partial charge on any atom is -0.339 e. The van der Waals surface area contributed by atoms with Gasteiger partial charge in [0.2, 0.25) is 11.1 Å². The number of hydrogen-bond donors (Lipinski definition) is 1. The molecule has 1 aliphatic heterocycles. The molecule has 0 aromatic carbocycles. The van der Waals surface area contributed by atoms with Crippen LogP contribution in [-0.2, 0) is 4.79 Å². The van der Waals surface area contributed by atoms with Gasteiger partial charge in [-0.25, -0.2) is 4.68 Å². The summed E-state index contributed by atoms with van der Waals surface area (Å²) in [5.41, 5.74) is 0. The highest BCUT2D eigenvalue weighted by Gasteiger charge is 2.35. The summed E-state index contributed by atoms with van der Waals surface area (Å²) in [5, 5.41) is 8.52. The van der Waals surface area contributed by atoms with Crippen LogP contribution in [0.2, 0.25) is 0 Å². The molecule has 0 bridgehead atoms. The smallest absolute Gasteiger partial charge is 0.233 e. The number of nitrogen functional groups attached to an aromatic ring is 1. The molecule has 1 aromatic rings. The summed E-state index contributed by atoms with van der Waals surface area (Å²) in [6.45, 7) is 2.71. The molecule has 1 saturated heterocycles. The molecule has 1 amide bonds. The van der Waals surface area contributed by atoms with E-state index in [-0.39, 0.29) is 5.91 Å². The van der Waals surface area contributed by atoms with Crippen molar-refractivity contribution in [2.75, 3.05) is 18.1 Å². The summed E-state index contributed by atoms with van der Waals surface area (Å²) in [4.78, 5) is 14.7. The standard InChI is InChI=1S/C14H23N5OS/c1-10-16-17-14(19(10)15)21-9-13(20)18-8-4-6-11-5-2-3-7-12(11)18/h11-12H,2-9,15H2,1H3/t11-,12+/m0/s1. The topological polar surface area (TPSA) is 77.0 Å². The minimum absolute atomic E-state index is 0.220. The zero-order chi connectivity index (χ0) is 14.8. The van der Waals surface area contributed by atoms with E-state index in [1.807, 2.05) is 0 Å². The van der Waals surface area contributed by atoms with Gasteiger partial charge < -0.3 is 10.7 Å². The number of thioether (sulfide) groups is 1. The first-order valence-corrected chi connectivity index (χ1v) is 8.74. The first kappa shape index (κ1) is 14.7. The van der Waals surface area contributed by atoms with Crippen LogP contribution >= 0.6 is 11.8 Å². The van der Waals surface area contributed by atoms with Crippen molar-refractivity contribution in [3.8, 4) is 0 Å². The molecule has 1 aliphatic carbocycles. The first-order valence-electron chi connectivity index (χ1n) is 7.76. The molecule has 2 atom stereocenters. The Morgan fingerprint density at radius 2 is 2.05 bits per heavy atom. The lowest BCUT2D eigenvalue weighted by molar-refractivity contribution is -0.134. The Hall–Kier alpha value is -1.24. The fourth-order valence-electron chi connectivity index (χ4n) is 3.59. The molecule has 1 aromatic heterocycles. The van der Waals surface area contributed by atoms with Crippen LogP contribution in [0.4, 0.5) is 0 Å². The highest BCUT2D eigenvalue weighted by atomic mass is 32.2. The van der Waals surface area contributed by atoms with E-state index < -0.39 is 0 Å². The van der Waals surface area contributed by atoms with Gasteiger partial charge in [0.05, 0.1) is 5.75 Å². The van der Waals surface area contributed by atoms with Crippen molar-refractivity contribution < 1.29 is 4.79 Å². The number of fused-ring (bicyclic) bond motifs is 1. The monoisotopic (exact) mass is 309 g/mol. The van der Waals surface area contributed by atoms with Crippen LogP contribution in [0.15, 0.2) is 5.16 Å². The van der Waals surface area contributed by atoms with Gasteiger partial charge in [0.25, 0.3) is 0 Å². The predicted molar refractivity (Wildman–Crippen MR) is 82.3 cm³/mol. The number of aromatic nitrogens is 3. The molecule has 0 spiro atoms. The number of rotatable bonds is 3. The predicted octanol–water partition coefficient (Wildman–Crippen LogP) is 1.57. The maximum atomic E-state index is 12.6. The fraction of sp³-hybridized carbons (Fsp3) is 0.786. The molecular weight excluding hydrogens is 286 g/mol. The highest BCUT2D eigenvalue weighted by molar-refractivity contribution is 7.99. The average molecular weight is 309 g/mol. The third kappa shape index (κ3) is 3.02. The fourth-order valence-corrected chi connectivity index (χ4v) is 4.38. The molecule has 116 valence electrons. The summed E-state index contributed by atoms with van der Waals surface area (Å²) in [6.07, 6.45) is 7.48. The summed E-state index contributed by atoms with van der Waals surface area (Å²) >= 11 is 1.38. The van der Waals surface area contributed by atoms with Gasteiger partial charge in [-0.15, -0.1) is 10.2 Å². The molecule has 1 saturated carbocycles. The van der Waals surface area contributed by atoms with Crippen molar-refractivity contribution in [1.29, 1.82) is 0 Å². The molecular formula is C14H23N5OS. The second kappa shape index (κ2) is 6.25. The SMILES string of the molecule is Cc1nnc(SCC(=O)N2CCC[C@@H]3CCCC[C@H]32)n1N. The number of carbonyl (C=O) groups excluding carboxylic acids is 1. The lowest BCUT2D eigenvalue weighted by atomic mass is 9.78. The number of piperidine rings is 1. The van der Waals surface area contributed by atoms with E-state index in [0.29, 0.717) is 22.8 Å². The molecule has 2 fully saturated rings. The Labute approximate surface area is 129 Å². The Morgan fingerprint density at radius 3 is 2.81 bits per heavy atom. The van der Waals surface area contributed by atoms with Crippen LogP contribution in [0.3, 0.4) is 0 Å². The van der Waals surface area contributed by atoms with Gasteiger partial charge in [-0.2, -0.15) is 0 Å². The van der Waals surface area contributed by atoms with E-state index >= 15 is 0 Å². The summed E-state index contributed by atoms with van der Waals surface area (Å²) in [6, 6.07) is 0.470. The van der Waals surface area contributed by atoms with Crippen LogP contribution in [0, 0.1) is 12.8 Å². The average Bonchev–Trinajstić information content (AvgIpc) is 2.84. The molecule has 0 radical (unpaired) electrons. The van der Waals surface area contributed by atoms with E-state index in [1.54, 1.807) is 6.92 Å². The van der Waals surface area contributed by atoms with Crippen molar-refractivity contribution in [3.05, 3.63) is 5.82 Å². The molecule has 2 aliphatic rings. The number of aryl methyl sites for hydroxylation is 1. The van der Waals surface area contributed by atoms with Crippen molar-refractivity contribution in [3.63, 3.8) is 0 Å². The van der Waals surface area contributed by atoms with Crippen molar-refractivity contribution >= 4 is 17.7 Å². The van der Waals surface area contributed by atoms with Gasteiger partial charge in [0.15, 0.2) is 0 Å². The van der Waals surface area contributed by atoms with Crippen molar-refractivity contribution in [2.24, 2.45) is 5.92 Å². The van der Waals surface area contributed by atoms with E-state index in [0.717, 1.165) is 18.9 Å². The van der Waals surface area contributed by atoms with Crippen LogP contribution in [0.5, 0.6) is 0 Å². The summed E-state index contributed by atoms with van der Waals surface area (Å²) < 4.78 is 1.44. The number of amides is 1. The number of carbonyl (C=O) groups is 1. The van der Waals surface area contributed by atoms with Crippen LogP contribution < -0.4 is 5.84 Å². The van der Waals surface area contributed by atoms with Crippen molar-refractivity contribution in [2.45, 2.75) is 56.6 Å². The zero-order valence-corrected chi connectivity index (χ0v) is 13.3. The van der Waals surface area contributed by atoms with Crippen LogP contribution in [-0.4, -0.2) is 44.0 Å². The Morgan fingerprint density at radius 1 is 1.29 bits per heavy atom. The zero-order valence-electron chi connectivity index (χ0n) is 12.5. The molecule has 7 heteroatoms. The van der Waals surface area contributed by atoms with E-state index in [1.165, 1.54) is 48.5 Å². The molecule has 3 rings (SSSR count). The molecule has 21 heavy (non-hydrogen) atoms. The van der Waals surface area contributed by atoms with E-state index in [2.05, 4.69) is 15.1 Å². The Bertz CT molecular complexity index is 515. The van der Waals surface area contributed by atoms with Gasteiger partial charge in [-0.1, -0.05) is 24.6 Å². The number of hydrogen-bond acceptors (Lipinski definition) is 5. The first-order chi connectivity index (χ1) is 10.2. The Balaban J connectivity index is 1.60. The van der Waals surface area contributed by atoms with E-state index in [4.69, 9.17) is 5.84 Å². The molecule has 6 nitrogen and oxygen atoms in total. The molecule has 2 N–H and O–H groups in total. The maximum Gasteiger partial charge on any atom is 0.233 e. The summed E-state index contributed by atoms with van der Waals surface area (Å²) in [5.74, 6) is 7.83. The second-order valence-electron chi connectivity index (χ2n) is 6.03. The van der Waals surface area contributed by atoms with Gasteiger partial charge >= 0.3 is 0 Å². The van der Waals surface area contributed by atoms with Gasteiger partial charge in [0.1, 0.15) is 5.82 Å². The van der Waals surface area contributed by atoms with Gasteiger partial charge in [0, 0.05) is 12.6 Å². The second-order valence-corrected chi connectivity index (χ2v) is 6.97. The van der Waals surface area contributed by atoms with Crippen LogP contribution in [0.1, 0.15) is 44.3 Å². The number of nitrogens with zero attached hydrogens (tertiary/aromatic N) is 4.